The second-order valence-corrected chi connectivity index (χ2v) is 10.3. The second kappa shape index (κ2) is 10.3. The minimum atomic E-state index is -0.454. The van der Waals surface area contributed by atoms with Crippen molar-refractivity contribution < 1.29 is 14.4 Å². The third kappa shape index (κ3) is 5.79. The number of rotatable bonds is 6. The molecule has 0 bridgehead atoms. The van der Waals surface area contributed by atoms with Crippen LogP contribution in [0.1, 0.15) is 22.3 Å². The Kier molecular flexibility index (Phi) is 7.24. The predicted molar refractivity (Wildman–Crippen MR) is 139 cm³/mol. The van der Waals surface area contributed by atoms with Gasteiger partial charge in [-0.2, -0.15) is 0 Å². The number of thioether (sulfide) groups is 1. The maximum absolute atomic E-state index is 12.8. The van der Waals surface area contributed by atoms with Crippen LogP contribution in [-0.4, -0.2) is 28.5 Å². The molecule has 0 spiro atoms. The van der Waals surface area contributed by atoms with Crippen molar-refractivity contribution in [3.63, 3.8) is 0 Å². The SMILES string of the molecule is Cc1ccc(Sc2ccc(/C=C3\SC(=O)N(CC(=O)Nc4cc(C)ccc4C)C3=O)cc2)cc1. The molecule has 0 aliphatic carbocycles. The number of anilines is 1. The van der Waals surface area contributed by atoms with Gasteiger partial charge in [0.05, 0.1) is 4.91 Å². The van der Waals surface area contributed by atoms with Crippen molar-refractivity contribution in [2.24, 2.45) is 0 Å². The topological polar surface area (TPSA) is 66.5 Å². The first-order valence-electron chi connectivity index (χ1n) is 10.8. The lowest BCUT2D eigenvalue weighted by Gasteiger charge is -2.14. The molecule has 3 aromatic rings. The van der Waals surface area contributed by atoms with E-state index in [0.717, 1.165) is 43.1 Å². The van der Waals surface area contributed by atoms with Gasteiger partial charge >= 0.3 is 0 Å². The first-order valence-corrected chi connectivity index (χ1v) is 12.4. The van der Waals surface area contributed by atoms with Crippen LogP contribution in [0.15, 0.2) is 81.4 Å². The molecule has 1 saturated heterocycles. The van der Waals surface area contributed by atoms with Crippen molar-refractivity contribution in [2.45, 2.75) is 30.6 Å². The number of carbonyl (C=O) groups excluding carboxylic acids is 3. The van der Waals surface area contributed by atoms with Gasteiger partial charge in [-0.05, 0) is 85.6 Å². The summed E-state index contributed by atoms with van der Waals surface area (Å²) in [5.41, 5.74) is 4.64. The summed E-state index contributed by atoms with van der Waals surface area (Å²) in [6.45, 7) is 5.57. The third-order valence-electron chi connectivity index (χ3n) is 5.28. The van der Waals surface area contributed by atoms with Gasteiger partial charge in [0, 0.05) is 15.5 Å². The highest BCUT2D eigenvalue weighted by atomic mass is 32.2. The molecule has 4 rings (SSSR count). The van der Waals surface area contributed by atoms with Crippen molar-refractivity contribution in [3.8, 4) is 0 Å². The van der Waals surface area contributed by atoms with Crippen molar-refractivity contribution >= 4 is 52.3 Å². The maximum Gasteiger partial charge on any atom is 0.294 e. The van der Waals surface area contributed by atoms with Crippen LogP contribution in [-0.2, 0) is 9.59 Å². The zero-order valence-electron chi connectivity index (χ0n) is 19.1. The Balaban J connectivity index is 1.40. The summed E-state index contributed by atoms with van der Waals surface area (Å²) < 4.78 is 0. The lowest BCUT2D eigenvalue weighted by molar-refractivity contribution is -0.127. The molecule has 0 unspecified atom stereocenters. The standard InChI is InChI=1S/C27H24N2O3S2/c1-17-5-10-21(11-6-17)33-22-12-8-20(9-13-22)15-24-26(31)29(27(32)34-24)16-25(30)28-23-14-18(2)4-7-19(23)3/h4-15H,16H2,1-3H3,(H,28,30)/b24-15-. The zero-order chi connectivity index (χ0) is 24.2. The summed E-state index contributed by atoms with van der Waals surface area (Å²) in [7, 11) is 0. The fraction of sp³-hybridized carbons (Fsp3) is 0.148. The van der Waals surface area contributed by atoms with Gasteiger partial charge in [-0.1, -0.05) is 53.7 Å². The molecule has 1 fully saturated rings. The van der Waals surface area contributed by atoms with Gasteiger partial charge in [-0.3, -0.25) is 19.3 Å². The number of carbonyl (C=O) groups is 3. The number of hydrogen-bond acceptors (Lipinski definition) is 5. The van der Waals surface area contributed by atoms with E-state index in [-0.39, 0.29) is 6.54 Å². The fourth-order valence-electron chi connectivity index (χ4n) is 3.37. The molecule has 1 N–H and O–H groups in total. The van der Waals surface area contributed by atoms with Gasteiger partial charge in [-0.25, -0.2) is 0 Å². The quantitative estimate of drug-likeness (QED) is 0.405. The molecular weight excluding hydrogens is 464 g/mol. The van der Waals surface area contributed by atoms with Crippen LogP contribution in [0.25, 0.3) is 6.08 Å². The average molecular weight is 489 g/mol. The monoisotopic (exact) mass is 488 g/mol. The number of nitrogens with one attached hydrogen (secondary N) is 1. The molecule has 0 radical (unpaired) electrons. The molecule has 0 saturated carbocycles. The molecule has 34 heavy (non-hydrogen) atoms. The molecular formula is C27H24N2O3S2. The Hall–Kier alpha value is -3.29. The first kappa shape index (κ1) is 23.9. The van der Waals surface area contributed by atoms with Crippen molar-refractivity contribution in [2.75, 3.05) is 11.9 Å². The van der Waals surface area contributed by atoms with Crippen LogP contribution in [0.2, 0.25) is 0 Å². The van der Waals surface area contributed by atoms with Crippen LogP contribution >= 0.6 is 23.5 Å². The highest BCUT2D eigenvalue weighted by Gasteiger charge is 2.36. The molecule has 5 nitrogen and oxygen atoms in total. The molecule has 1 aliphatic rings. The van der Waals surface area contributed by atoms with E-state index in [9.17, 15) is 14.4 Å². The predicted octanol–water partition coefficient (Wildman–Crippen LogP) is 6.44. The zero-order valence-corrected chi connectivity index (χ0v) is 20.8. The Morgan fingerprint density at radius 1 is 0.912 bits per heavy atom. The molecule has 1 heterocycles. The smallest absolute Gasteiger partial charge is 0.294 e. The minimum absolute atomic E-state index is 0.309. The second-order valence-electron chi connectivity index (χ2n) is 8.12. The molecule has 3 amide bonds. The van der Waals surface area contributed by atoms with Gasteiger partial charge in [0.25, 0.3) is 11.1 Å². The van der Waals surface area contributed by atoms with Gasteiger partial charge in [0.1, 0.15) is 6.54 Å². The summed E-state index contributed by atoms with van der Waals surface area (Å²) in [6.07, 6.45) is 1.69. The number of imide groups is 1. The van der Waals surface area contributed by atoms with E-state index in [1.165, 1.54) is 5.56 Å². The summed E-state index contributed by atoms with van der Waals surface area (Å²) in [5, 5.41) is 2.35. The summed E-state index contributed by atoms with van der Waals surface area (Å²) in [4.78, 5) is 41.2. The number of nitrogens with zero attached hydrogens (tertiary/aromatic N) is 1. The van der Waals surface area contributed by atoms with E-state index in [1.54, 1.807) is 17.8 Å². The van der Waals surface area contributed by atoms with E-state index in [1.807, 2.05) is 56.3 Å². The average Bonchev–Trinajstić information content (AvgIpc) is 3.06. The minimum Gasteiger partial charge on any atom is -0.324 e. The fourth-order valence-corrected chi connectivity index (χ4v) is 5.02. The Labute approximate surface area is 207 Å². The molecule has 1 aliphatic heterocycles. The lowest BCUT2D eigenvalue weighted by Crippen LogP contribution is -2.36. The highest BCUT2D eigenvalue weighted by Crippen LogP contribution is 2.33. The van der Waals surface area contributed by atoms with E-state index < -0.39 is 17.1 Å². The largest absolute Gasteiger partial charge is 0.324 e. The van der Waals surface area contributed by atoms with E-state index in [2.05, 4.69) is 36.5 Å². The van der Waals surface area contributed by atoms with E-state index in [0.29, 0.717) is 10.6 Å². The van der Waals surface area contributed by atoms with Crippen LogP contribution in [0, 0.1) is 20.8 Å². The summed E-state index contributed by atoms with van der Waals surface area (Å²) in [6, 6.07) is 21.9. The van der Waals surface area contributed by atoms with Crippen LogP contribution in [0.3, 0.4) is 0 Å². The van der Waals surface area contributed by atoms with Crippen molar-refractivity contribution in [3.05, 3.63) is 93.9 Å². The Morgan fingerprint density at radius 3 is 2.21 bits per heavy atom. The van der Waals surface area contributed by atoms with Gasteiger partial charge in [0.2, 0.25) is 5.91 Å². The van der Waals surface area contributed by atoms with Crippen LogP contribution in [0.5, 0.6) is 0 Å². The van der Waals surface area contributed by atoms with Crippen molar-refractivity contribution in [1.29, 1.82) is 0 Å². The normalized spacial score (nSPS) is 14.7. The maximum atomic E-state index is 12.8. The summed E-state index contributed by atoms with van der Waals surface area (Å²) >= 11 is 2.51. The molecule has 0 aromatic heterocycles. The number of amides is 3. The number of aryl methyl sites for hydroxylation is 3. The van der Waals surface area contributed by atoms with E-state index >= 15 is 0 Å². The number of benzene rings is 3. The Bertz CT molecular complexity index is 1280. The highest BCUT2D eigenvalue weighted by molar-refractivity contribution is 8.18. The first-order chi connectivity index (χ1) is 16.3. The molecule has 172 valence electrons. The van der Waals surface area contributed by atoms with Crippen LogP contribution in [0.4, 0.5) is 10.5 Å². The molecule has 3 aromatic carbocycles. The molecule has 0 atom stereocenters. The van der Waals surface area contributed by atoms with Crippen molar-refractivity contribution in [1.82, 2.24) is 4.90 Å². The van der Waals surface area contributed by atoms with Crippen LogP contribution < -0.4 is 5.32 Å². The van der Waals surface area contributed by atoms with Gasteiger partial charge in [0.15, 0.2) is 0 Å². The van der Waals surface area contributed by atoms with E-state index in [4.69, 9.17) is 0 Å². The van der Waals surface area contributed by atoms with Gasteiger partial charge in [-0.15, -0.1) is 0 Å². The molecule has 7 heteroatoms. The Morgan fingerprint density at radius 2 is 1.53 bits per heavy atom. The summed E-state index contributed by atoms with van der Waals surface area (Å²) in [5.74, 6) is -0.862. The number of hydrogen-bond donors (Lipinski definition) is 1. The van der Waals surface area contributed by atoms with Gasteiger partial charge < -0.3 is 5.32 Å². The lowest BCUT2D eigenvalue weighted by atomic mass is 10.1. The third-order valence-corrected chi connectivity index (χ3v) is 7.20.